The third-order valence-corrected chi connectivity index (χ3v) is 8.82. The summed E-state index contributed by atoms with van der Waals surface area (Å²) in [6, 6.07) is -2.68. The first-order valence-corrected chi connectivity index (χ1v) is 15.9. The highest BCUT2D eigenvalue weighted by Gasteiger charge is 2.46. The fraction of sp³-hybridized carbons (Fsp3) is 0.387. The second kappa shape index (κ2) is 13.5. The van der Waals surface area contributed by atoms with Crippen molar-refractivity contribution in [3.8, 4) is 5.75 Å². The van der Waals surface area contributed by atoms with Crippen molar-refractivity contribution < 1.29 is 41.4 Å². The summed E-state index contributed by atoms with van der Waals surface area (Å²) >= 11 is 5.95. The number of alkyl halides is 5. The Bertz CT molecular complexity index is 2130. The van der Waals surface area contributed by atoms with Gasteiger partial charge in [0.2, 0.25) is 5.78 Å². The standard InChI is InChI=1S/C31H29ClF5N9O5/c1-3-21-23(43-8-10-44(11-9-43)26(48)22-24(47)16(2)38-15-39-22)27(49)46-29(41-25(42-46)17-6-12-51-13-7-17)45(21)31(36,37)28(50)40-20-5-4-18(14-19(20)32)30(33,34)35/h4-6,14-15,47H,3,7-13H2,1-2H3,(H,40,50). The van der Waals surface area contributed by atoms with Crippen molar-refractivity contribution in [2.24, 2.45) is 0 Å². The molecule has 2 N–H and O–H groups in total. The van der Waals surface area contributed by atoms with E-state index in [2.05, 4.69) is 20.1 Å². The van der Waals surface area contributed by atoms with Gasteiger partial charge in [-0.3, -0.25) is 14.4 Å². The quantitative estimate of drug-likeness (QED) is 0.267. The Morgan fingerprint density at radius 1 is 1.10 bits per heavy atom. The summed E-state index contributed by atoms with van der Waals surface area (Å²) in [5, 5.41) is 15.9. The van der Waals surface area contributed by atoms with E-state index in [4.69, 9.17) is 16.3 Å². The molecule has 20 heteroatoms. The molecule has 0 spiro atoms. The molecule has 270 valence electrons. The molecule has 0 atom stereocenters. The molecule has 1 saturated heterocycles. The number of carbonyl (C=O) groups is 2. The zero-order chi connectivity index (χ0) is 36.8. The maximum atomic E-state index is 16.6. The lowest BCUT2D eigenvalue weighted by molar-refractivity contribution is -0.154. The molecule has 1 aromatic carbocycles. The average Bonchev–Trinajstić information content (AvgIpc) is 3.55. The molecule has 3 aromatic heterocycles. The van der Waals surface area contributed by atoms with Crippen LogP contribution in [0.25, 0.3) is 11.4 Å². The van der Waals surface area contributed by atoms with Crippen molar-refractivity contribution in [1.82, 2.24) is 34.0 Å². The predicted molar refractivity (Wildman–Crippen MR) is 172 cm³/mol. The van der Waals surface area contributed by atoms with Crippen LogP contribution in [-0.4, -0.2) is 90.3 Å². The van der Waals surface area contributed by atoms with Gasteiger partial charge in [-0.15, -0.1) is 5.10 Å². The van der Waals surface area contributed by atoms with Crippen LogP contribution < -0.4 is 15.8 Å². The van der Waals surface area contributed by atoms with Gasteiger partial charge in [-0.05, 0) is 43.5 Å². The van der Waals surface area contributed by atoms with Gasteiger partial charge in [-0.1, -0.05) is 24.6 Å². The Balaban J connectivity index is 1.41. The molecule has 0 unspecified atom stereocenters. The molecule has 0 radical (unpaired) electrons. The topological polar surface area (TPSA) is 160 Å². The molecular weight excluding hydrogens is 709 g/mol. The second-order valence-electron chi connectivity index (χ2n) is 11.6. The first-order valence-electron chi connectivity index (χ1n) is 15.6. The SMILES string of the molecule is CCc1c(N2CCN(C(=O)c3ncnc(C)c3O)CC2)c(=O)n2nc(C3=CCOCC3)nc2n1C(F)(F)C(=O)Nc1ccc(C(F)(F)F)cc1Cl. The van der Waals surface area contributed by atoms with Crippen LogP contribution in [0.1, 0.15) is 46.6 Å². The number of nitrogens with zero attached hydrogens (tertiary/aromatic N) is 8. The van der Waals surface area contributed by atoms with Crippen molar-refractivity contribution in [3.05, 3.63) is 74.4 Å². The smallest absolute Gasteiger partial charge is 0.416 e. The lowest BCUT2D eigenvalue weighted by Gasteiger charge is -2.37. The van der Waals surface area contributed by atoms with Gasteiger partial charge in [0.1, 0.15) is 12.0 Å². The molecule has 51 heavy (non-hydrogen) atoms. The Labute approximate surface area is 290 Å². The number of benzene rings is 1. The summed E-state index contributed by atoms with van der Waals surface area (Å²) < 4.78 is 78.9. The number of amides is 2. The monoisotopic (exact) mass is 737 g/mol. The van der Waals surface area contributed by atoms with Gasteiger partial charge in [0.25, 0.3) is 11.5 Å². The number of aryl methyl sites for hydroxylation is 1. The minimum absolute atomic E-state index is 0.000741. The zero-order valence-electron chi connectivity index (χ0n) is 27.0. The van der Waals surface area contributed by atoms with Crippen molar-refractivity contribution >= 4 is 46.1 Å². The molecule has 2 aliphatic heterocycles. The molecule has 1 fully saturated rings. The van der Waals surface area contributed by atoms with E-state index >= 15 is 8.78 Å². The molecule has 4 aromatic rings. The van der Waals surface area contributed by atoms with Gasteiger partial charge in [0.15, 0.2) is 17.3 Å². The summed E-state index contributed by atoms with van der Waals surface area (Å²) in [6.07, 6.45) is -1.89. The Hall–Kier alpha value is -5.17. The van der Waals surface area contributed by atoms with E-state index < -0.39 is 51.6 Å². The van der Waals surface area contributed by atoms with E-state index in [1.54, 1.807) is 6.08 Å². The third-order valence-electron chi connectivity index (χ3n) is 8.50. The summed E-state index contributed by atoms with van der Waals surface area (Å²) in [5.41, 5.74) is -2.49. The van der Waals surface area contributed by atoms with E-state index in [-0.39, 0.29) is 78.1 Å². The summed E-state index contributed by atoms with van der Waals surface area (Å²) in [5.74, 6) is -3.66. The number of aromatic hydroxyl groups is 1. The largest absolute Gasteiger partial charge is 0.504 e. The number of carbonyl (C=O) groups excluding carboxylic acids is 2. The highest BCUT2D eigenvalue weighted by Crippen LogP contribution is 2.36. The summed E-state index contributed by atoms with van der Waals surface area (Å²) in [7, 11) is 0. The first-order chi connectivity index (χ1) is 24.1. The molecule has 0 saturated carbocycles. The van der Waals surface area contributed by atoms with Gasteiger partial charge in [-0.25, -0.2) is 14.5 Å². The second-order valence-corrected chi connectivity index (χ2v) is 12.0. The van der Waals surface area contributed by atoms with E-state index in [0.29, 0.717) is 35.2 Å². The van der Waals surface area contributed by atoms with Crippen LogP contribution >= 0.6 is 11.6 Å². The number of halogens is 6. The van der Waals surface area contributed by atoms with Crippen molar-refractivity contribution in [3.63, 3.8) is 0 Å². The number of anilines is 2. The van der Waals surface area contributed by atoms with Crippen LogP contribution in [0, 0.1) is 6.92 Å². The number of hydrogen-bond donors (Lipinski definition) is 2. The Morgan fingerprint density at radius 3 is 2.45 bits per heavy atom. The zero-order valence-corrected chi connectivity index (χ0v) is 27.7. The van der Waals surface area contributed by atoms with Crippen molar-refractivity contribution in [1.29, 1.82) is 0 Å². The van der Waals surface area contributed by atoms with Crippen LogP contribution in [0.15, 0.2) is 35.4 Å². The van der Waals surface area contributed by atoms with Crippen LogP contribution in [-0.2, 0) is 28.2 Å². The number of hydrogen-bond acceptors (Lipinski definition) is 10. The molecule has 2 amide bonds. The normalized spacial score (nSPS) is 15.6. The lowest BCUT2D eigenvalue weighted by atomic mass is 10.1. The van der Waals surface area contributed by atoms with Crippen molar-refractivity contribution in [2.45, 2.75) is 38.9 Å². The Morgan fingerprint density at radius 2 is 1.82 bits per heavy atom. The molecule has 6 rings (SSSR count). The van der Waals surface area contributed by atoms with Gasteiger partial charge in [0.05, 0.1) is 40.9 Å². The van der Waals surface area contributed by atoms with Crippen molar-refractivity contribution in [2.75, 3.05) is 49.6 Å². The van der Waals surface area contributed by atoms with Crippen LogP contribution in [0.5, 0.6) is 5.75 Å². The first kappa shape index (κ1) is 35.6. The Kier molecular flexibility index (Phi) is 9.45. The van der Waals surface area contributed by atoms with Gasteiger partial charge in [0, 0.05) is 26.2 Å². The molecular formula is C31H29ClF5N9O5. The lowest BCUT2D eigenvalue weighted by Crippen LogP contribution is -2.51. The number of nitrogens with one attached hydrogen (secondary N) is 1. The number of ether oxygens (including phenoxy) is 1. The molecule has 5 heterocycles. The minimum atomic E-state index is -4.77. The molecule has 14 nitrogen and oxygen atoms in total. The molecule has 0 bridgehead atoms. The average molecular weight is 738 g/mol. The van der Waals surface area contributed by atoms with Gasteiger partial charge < -0.3 is 25.0 Å². The van der Waals surface area contributed by atoms with Crippen LogP contribution in [0.4, 0.5) is 33.3 Å². The fourth-order valence-corrected chi connectivity index (χ4v) is 6.07. The fourth-order valence-electron chi connectivity index (χ4n) is 5.84. The van der Waals surface area contributed by atoms with E-state index in [0.717, 1.165) is 12.4 Å². The van der Waals surface area contributed by atoms with Gasteiger partial charge in [-0.2, -0.15) is 31.5 Å². The van der Waals surface area contributed by atoms with Crippen LogP contribution in [0.3, 0.4) is 0 Å². The van der Waals surface area contributed by atoms with Gasteiger partial charge >= 0.3 is 18.1 Å². The number of rotatable bonds is 7. The van der Waals surface area contributed by atoms with E-state index in [9.17, 15) is 32.7 Å². The summed E-state index contributed by atoms with van der Waals surface area (Å²) in [4.78, 5) is 55.5. The number of aromatic nitrogens is 6. The van der Waals surface area contributed by atoms with E-state index in [1.807, 2.05) is 5.32 Å². The number of fused-ring (bicyclic) bond motifs is 1. The molecule has 2 aliphatic rings. The third kappa shape index (κ3) is 6.58. The molecule has 0 aliphatic carbocycles. The highest BCUT2D eigenvalue weighted by molar-refractivity contribution is 6.33. The summed E-state index contributed by atoms with van der Waals surface area (Å²) in [6.45, 7) is 3.44. The predicted octanol–water partition coefficient (Wildman–Crippen LogP) is 3.88. The maximum absolute atomic E-state index is 16.6. The van der Waals surface area contributed by atoms with E-state index in [1.165, 1.54) is 23.6 Å². The maximum Gasteiger partial charge on any atom is 0.416 e. The minimum Gasteiger partial charge on any atom is -0.504 e. The highest BCUT2D eigenvalue weighted by atomic mass is 35.5. The number of piperazine rings is 1. The van der Waals surface area contributed by atoms with Crippen LogP contribution in [0.2, 0.25) is 5.02 Å².